The van der Waals surface area contributed by atoms with Gasteiger partial charge in [-0.05, 0) is 12.8 Å². The Hall–Kier alpha value is -0.770. The molecular weight excluding hydrogens is 192 g/mol. The summed E-state index contributed by atoms with van der Waals surface area (Å²) in [6.45, 7) is 0.586. The van der Waals surface area contributed by atoms with Crippen LogP contribution in [-0.2, 0) is 4.84 Å². The zero-order valence-corrected chi connectivity index (χ0v) is 9.32. The second-order valence-corrected chi connectivity index (χ2v) is 4.12. The Balaban J connectivity index is 2.26. The Labute approximate surface area is 91.5 Å². The van der Waals surface area contributed by atoms with E-state index in [0.717, 1.165) is 12.8 Å². The van der Waals surface area contributed by atoms with Gasteiger partial charge in [-0.15, -0.1) is 0 Å². The first kappa shape index (κ1) is 12.3. The molecule has 88 valence electrons. The quantitative estimate of drug-likeness (QED) is 0.240. The van der Waals surface area contributed by atoms with Crippen LogP contribution in [0.3, 0.4) is 0 Å². The van der Waals surface area contributed by atoms with Crippen molar-refractivity contribution < 1.29 is 9.94 Å². The van der Waals surface area contributed by atoms with Crippen molar-refractivity contribution in [3.8, 4) is 0 Å². The van der Waals surface area contributed by atoms with E-state index < -0.39 is 0 Å². The van der Waals surface area contributed by atoms with Crippen LogP contribution in [0.4, 0.5) is 0 Å². The maximum atomic E-state index is 8.56. The van der Waals surface area contributed by atoms with Gasteiger partial charge in [0.2, 0.25) is 0 Å². The van der Waals surface area contributed by atoms with Crippen molar-refractivity contribution in [3.63, 3.8) is 0 Å². The standard InChI is InChI=1S/C11H22N2O2/c12-11(13-15-9-5-8-14)10-6-3-1-2-4-7-10/h10,14H,1-9H2,(H2,12,13). The van der Waals surface area contributed by atoms with Crippen LogP contribution in [0.25, 0.3) is 0 Å². The van der Waals surface area contributed by atoms with Gasteiger partial charge < -0.3 is 15.7 Å². The molecule has 1 aliphatic rings. The molecule has 0 radical (unpaired) electrons. The number of nitrogens with zero attached hydrogens (tertiary/aromatic N) is 1. The summed E-state index contributed by atoms with van der Waals surface area (Å²) in [5, 5.41) is 12.5. The lowest BCUT2D eigenvalue weighted by molar-refractivity contribution is 0.122. The van der Waals surface area contributed by atoms with Crippen LogP contribution in [0.1, 0.15) is 44.9 Å². The van der Waals surface area contributed by atoms with Gasteiger partial charge in [0, 0.05) is 18.9 Å². The number of hydrogen-bond donors (Lipinski definition) is 2. The van der Waals surface area contributed by atoms with Gasteiger partial charge in [0.15, 0.2) is 0 Å². The molecule has 0 spiro atoms. The molecule has 1 fully saturated rings. The van der Waals surface area contributed by atoms with Crippen molar-refractivity contribution in [3.05, 3.63) is 0 Å². The zero-order valence-electron chi connectivity index (χ0n) is 9.32. The molecule has 1 aliphatic carbocycles. The number of amidine groups is 1. The second kappa shape index (κ2) is 7.51. The summed E-state index contributed by atoms with van der Waals surface area (Å²) < 4.78 is 0. The van der Waals surface area contributed by atoms with Crippen LogP contribution in [-0.4, -0.2) is 24.2 Å². The predicted octanol–water partition coefficient (Wildman–Crippen LogP) is 1.63. The molecule has 0 aromatic heterocycles. The maximum absolute atomic E-state index is 8.56. The van der Waals surface area contributed by atoms with Gasteiger partial charge in [-0.25, -0.2) is 0 Å². The highest BCUT2D eigenvalue weighted by molar-refractivity contribution is 5.82. The molecule has 4 heteroatoms. The fourth-order valence-corrected chi connectivity index (χ4v) is 1.90. The average Bonchev–Trinajstić information content (AvgIpc) is 2.52. The molecule has 0 aromatic carbocycles. The molecule has 3 N–H and O–H groups in total. The topological polar surface area (TPSA) is 67.8 Å². The zero-order chi connectivity index (χ0) is 10.9. The summed E-state index contributed by atoms with van der Waals surface area (Å²) in [7, 11) is 0. The molecule has 15 heavy (non-hydrogen) atoms. The Kier molecular flexibility index (Phi) is 6.16. The number of hydrogen-bond acceptors (Lipinski definition) is 3. The largest absolute Gasteiger partial charge is 0.396 e. The smallest absolute Gasteiger partial charge is 0.142 e. The number of oxime groups is 1. The Morgan fingerprint density at radius 3 is 2.53 bits per heavy atom. The SMILES string of the molecule is NC(=NOCCCO)C1CCCCCC1. The third-order valence-corrected chi connectivity index (χ3v) is 2.84. The highest BCUT2D eigenvalue weighted by atomic mass is 16.6. The van der Waals surface area contributed by atoms with E-state index in [2.05, 4.69) is 5.16 Å². The van der Waals surface area contributed by atoms with Gasteiger partial charge in [-0.2, -0.15) is 0 Å². The summed E-state index contributed by atoms with van der Waals surface area (Å²) in [6.07, 6.45) is 8.01. The summed E-state index contributed by atoms with van der Waals surface area (Å²) in [6, 6.07) is 0. The highest BCUT2D eigenvalue weighted by Gasteiger charge is 2.16. The third kappa shape index (κ3) is 5.02. The molecular formula is C11H22N2O2. The van der Waals surface area contributed by atoms with Gasteiger partial charge in [-0.1, -0.05) is 30.8 Å². The van der Waals surface area contributed by atoms with Crippen LogP contribution in [0.5, 0.6) is 0 Å². The van der Waals surface area contributed by atoms with Crippen LogP contribution in [0, 0.1) is 5.92 Å². The summed E-state index contributed by atoms with van der Waals surface area (Å²) in [5.41, 5.74) is 5.86. The van der Waals surface area contributed by atoms with E-state index in [1.165, 1.54) is 25.7 Å². The molecule has 0 atom stereocenters. The van der Waals surface area contributed by atoms with E-state index >= 15 is 0 Å². The molecule has 0 aromatic rings. The summed E-state index contributed by atoms with van der Waals surface area (Å²) in [4.78, 5) is 5.03. The normalized spacial score (nSPS) is 19.9. The maximum Gasteiger partial charge on any atom is 0.142 e. The van der Waals surface area contributed by atoms with E-state index in [0.29, 0.717) is 24.8 Å². The van der Waals surface area contributed by atoms with Crippen molar-refractivity contribution >= 4 is 5.84 Å². The minimum absolute atomic E-state index is 0.138. The van der Waals surface area contributed by atoms with Crippen LogP contribution >= 0.6 is 0 Å². The molecule has 4 nitrogen and oxygen atoms in total. The monoisotopic (exact) mass is 214 g/mol. The van der Waals surface area contributed by atoms with E-state index in [1.54, 1.807) is 0 Å². The Morgan fingerprint density at radius 1 is 1.27 bits per heavy atom. The number of rotatable bonds is 5. The van der Waals surface area contributed by atoms with Crippen LogP contribution < -0.4 is 5.73 Å². The van der Waals surface area contributed by atoms with Crippen LogP contribution in [0.15, 0.2) is 5.16 Å². The van der Waals surface area contributed by atoms with Crippen molar-refractivity contribution in [1.82, 2.24) is 0 Å². The van der Waals surface area contributed by atoms with Crippen molar-refractivity contribution in [2.45, 2.75) is 44.9 Å². The van der Waals surface area contributed by atoms with Gasteiger partial charge in [0.25, 0.3) is 0 Å². The van der Waals surface area contributed by atoms with Crippen molar-refractivity contribution in [2.24, 2.45) is 16.8 Å². The highest BCUT2D eigenvalue weighted by Crippen LogP contribution is 2.22. The number of aliphatic hydroxyl groups excluding tert-OH is 1. The fraction of sp³-hybridized carbons (Fsp3) is 0.909. The van der Waals surface area contributed by atoms with E-state index in [9.17, 15) is 0 Å². The van der Waals surface area contributed by atoms with Gasteiger partial charge in [0.1, 0.15) is 12.4 Å². The molecule has 0 aliphatic heterocycles. The molecule has 0 amide bonds. The lowest BCUT2D eigenvalue weighted by Crippen LogP contribution is -2.23. The van der Waals surface area contributed by atoms with Crippen molar-refractivity contribution in [2.75, 3.05) is 13.2 Å². The number of nitrogens with two attached hydrogens (primary N) is 1. The van der Waals surface area contributed by atoms with Gasteiger partial charge >= 0.3 is 0 Å². The molecule has 0 heterocycles. The van der Waals surface area contributed by atoms with Gasteiger partial charge in [0.05, 0.1) is 0 Å². The third-order valence-electron chi connectivity index (χ3n) is 2.84. The van der Waals surface area contributed by atoms with Crippen molar-refractivity contribution in [1.29, 1.82) is 0 Å². The second-order valence-electron chi connectivity index (χ2n) is 4.12. The lowest BCUT2D eigenvalue weighted by Gasteiger charge is -2.12. The molecule has 0 saturated heterocycles. The van der Waals surface area contributed by atoms with E-state index in [1.807, 2.05) is 0 Å². The first-order valence-corrected chi connectivity index (χ1v) is 5.90. The first-order valence-electron chi connectivity index (χ1n) is 5.90. The minimum atomic E-state index is 0.138. The predicted molar refractivity (Wildman–Crippen MR) is 60.5 cm³/mol. The lowest BCUT2D eigenvalue weighted by atomic mass is 10.00. The molecule has 1 saturated carbocycles. The Bertz CT molecular complexity index is 187. The fourth-order valence-electron chi connectivity index (χ4n) is 1.90. The van der Waals surface area contributed by atoms with Gasteiger partial charge in [-0.3, -0.25) is 0 Å². The molecule has 0 bridgehead atoms. The molecule has 1 rings (SSSR count). The summed E-state index contributed by atoms with van der Waals surface area (Å²) >= 11 is 0. The average molecular weight is 214 g/mol. The van der Waals surface area contributed by atoms with Crippen LogP contribution in [0.2, 0.25) is 0 Å². The number of aliphatic hydroxyl groups is 1. The summed E-state index contributed by atoms with van der Waals surface area (Å²) in [5.74, 6) is 1.04. The van der Waals surface area contributed by atoms with E-state index in [-0.39, 0.29) is 6.61 Å². The first-order chi connectivity index (χ1) is 7.34. The molecule has 0 unspecified atom stereocenters. The minimum Gasteiger partial charge on any atom is -0.396 e. The Morgan fingerprint density at radius 2 is 1.93 bits per heavy atom. The van der Waals surface area contributed by atoms with E-state index in [4.69, 9.17) is 15.7 Å².